The molecule has 2 aromatic rings. The smallest absolute Gasteiger partial charge is 0.303 e. The average Bonchev–Trinajstić information content (AvgIpc) is 3.68. The summed E-state index contributed by atoms with van der Waals surface area (Å²) in [5, 5.41) is 14.9. The molecule has 4 rings (SSSR count). The fourth-order valence-corrected chi connectivity index (χ4v) is 4.53. The lowest BCUT2D eigenvalue weighted by Crippen LogP contribution is -2.39. The average molecular weight is 466 g/mol. The zero-order chi connectivity index (χ0) is 23.8. The summed E-state index contributed by atoms with van der Waals surface area (Å²) in [4.78, 5) is 34.7. The first-order valence-corrected chi connectivity index (χ1v) is 12.5. The fourth-order valence-electron chi connectivity index (χ4n) is 4.53. The van der Waals surface area contributed by atoms with Crippen molar-refractivity contribution in [3.05, 3.63) is 47.9 Å². The summed E-state index contributed by atoms with van der Waals surface area (Å²) < 4.78 is 0. The highest BCUT2D eigenvalue weighted by atomic mass is 16.4. The molecule has 1 aromatic carbocycles. The molecular formula is C26H35N5O3. The molecule has 3 N–H and O–H groups in total. The number of aromatic nitrogens is 2. The van der Waals surface area contributed by atoms with Crippen LogP contribution < -0.4 is 15.5 Å². The van der Waals surface area contributed by atoms with Crippen LogP contribution in [0.1, 0.15) is 73.8 Å². The molecule has 0 atom stereocenters. The van der Waals surface area contributed by atoms with Crippen LogP contribution in [-0.4, -0.2) is 46.1 Å². The van der Waals surface area contributed by atoms with Gasteiger partial charge in [-0.25, -0.2) is 9.97 Å². The number of carbonyl (C=O) groups excluding carboxylic acids is 1. The van der Waals surface area contributed by atoms with E-state index in [9.17, 15) is 9.59 Å². The minimum Gasteiger partial charge on any atom is -0.481 e. The van der Waals surface area contributed by atoms with Crippen LogP contribution >= 0.6 is 0 Å². The molecule has 0 radical (unpaired) electrons. The topological polar surface area (TPSA) is 107 Å². The molecule has 0 bridgehead atoms. The van der Waals surface area contributed by atoms with Crippen LogP contribution in [0.3, 0.4) is 0 Å². The minimum atomic E-state index is -0.776. The normalized spacial score (nSPS) is 16.2. The quantitative estimate of drug-likeness (QED) is 0.403. The van der Waals surface area contributed by atoms with Crippen molar-refractivity contribution >= 4 is 23.4 Å². The summed E-state index contributed by atoms with van der Waals surface area (Å²) in [5.74, 6) is 0.600. The molecule has 34 heavy (non-hydrogen) atoms. The van der Waals surface area contributed by atoms with Gasteiger partial charge in [0.25, 0.3) is 5.91 Å². The fraction of sp³-hybridized carbons (Fsp3) is 0.538. The Morgan fingerprint density at radius 1 is 1.03 bits per heavy atom. The number of rotatable bonds is 12. The van der Waals surface area contributed by atoms with E-state index in [4.69, 9.17) is 5.11 Å². The number of amides is 1. The number of carboxylic acids is 1. The molecule has 182 valence electrons. The standard InChI is InChI=1S/C26H35N5O3/c32-25(33)7-4-14-27-16-19-10-12-21(13-11-19)30-26(34)23-15-24(29-18-28-23)31(17-20-8-9-20)22-5-2-1-3-6-22/h10-13,15,18,20,22,27H,1-9,14,16-17H2,(H,30,34)(H,32,33). The van der Waals surface area contributed by atoms with Crippen molar-refractivity contribution in [1.82, 2.24) is 15.3 Å². The lowest BCUT2D eigenvalue weighted by atomic mass is 9.94. The first kappa shape index (κ1) is 24.1. The third-order valence-electron chi connectivity index (χ3n) is 6.63. The van der Waals surface area contributed by atoms with E-state index in [1.165, 1.54) is 51.3 Å². The highest BCUT2D eigenvalue weighted by Gasteiger charge is 2.30. The minimum absolute atomic E-state index is 0.168. The summed E-state index contributed by atoms with van der Waals surface area (Å²) in [6.45, 7) is 2.33. The highest BCUT2D eigenvalue weighted by Crippen LogP contribution is 2.34. The van der Waals surface area contributed by atoms with Crippen LogP contribution in [0.4, 0.5) is 11.5 Å². The molecule has 1 aromatic heterocycles. The summed E-state index contributed by atoms with van der Waals surface area (Å²) in [6.07, 6.45) is 11.1. The maximum absolute atomic E-state index is 12.9. The largest absolute Gasteiger partial charge is 0.481 e. The number of anilines is 2. The van der Waals surface area contributed by atoms with Gasteiger partial charge in [0.1, 0.15) is 17.8 Å². The molecule has 1 heterocycles. The van der Waals surface area contributed by atoms with Gasteiger partial charge in [0, 0.05) is 37.3 Å². The van der Waals surface area contributed by atoms with Gasteiger partial charge in [0.2, 0.25) is 0 Å². The van der Waals surface area contributed by atoms with Crippen LogP contribution in [-0.2, 0) is 11.3 Å². The second-order valence-corrected chi connectivity index (χ2v) is 9.47. The van der Waals surface area contributed by atoms with E-state index in [0.717, 1.165) is 23.8 Å². The maximum atomic E-state index is 12.9. The molecule has 1 amide bonds. The van der Waals surface area contributed by atoms with Crippen LogP contribution in [0.5, 0.6) is 0 Å². The van der Waals surface area contributed by atoms with E-state index in [2.05, 4.69) is 25.5 Å². The Morgan fingerprint density at radius 3 is 2.50 bits per heavy atom. The Balaban J connectivity index is 1.34. The lowest BCUT2D eigenvalue weighted by Gasteiger charge is -2.35. The van der Waals surface area contributed by atoms with Crippen molar-refractivity contribution in [2.24, 2.45) is 5.92 Å². The van der Waals surface area contributed by atoms with Gasteiger partial charge in [-0.15, -0.1) is 0 Å². The molecule has 8 heteroatoms. The summed E-state index contributed by atoms with van der Waals surface area (Å²) in [6, 6.07) is 9.98. The molecule has 2 aliphatic carbocycles. The van der Waals surface area contributed by atoms with E-state index >= 15 is 0 Å². The van der Waals surface area contributed by atoms with E-state index < -0.39 is 5.97 Å². The zero-order valence-electron chi connectivity index (χ0n) is 19.7. The molecule has 0 aliphatic heterocycles. The van der Waals surface area contributed by atoms with Crippen molar-refractivity contribution in [1.29, 1.82) is 0 Å². The van der Waals surface area contributed by atoms with Crippen LogP contribution in [0, 0.1) is 5.92 Å². The predicted octanol–water partition coefficient (Wildman–Crippen LogP) is 4.23. The molecule has 0 saturated heterocycles. The van der Waals surface area contributed by atoms with Crippen molar-refractivity contribution < 1.29 is 14.7 Å². The second-order valence-electron chi connectivity index (χ2n) is 9.47. The Labute approximate surface area is 201 Å². The summed E-state index contributed by atoms with van der Waals surface area (Å²) in [5.41, 5.74) is 2.16. The third-order valence-corrected chi connectivity index (χ3v) is 6.63. The first-order valence-electron chi connectivity index (χ1n) is 12.5. The number of hydrogen-bond donors (Lipinski definition) is 3. The SMILES string of the molecule is O=C(O)CCCNCc1ccc(NC(=O)c2cc(N(CC3CC3)C3CCCCC3)ncn2)cc1. The Morgan fingerprint density at radius 2 is 1.79 bits per heavy atom. The predicted molar refractivity (Wildman–Crippen MR) is 132 cm³/mol. The van der Waals surface area contributed by atoms with Crippen molar-refractivity contribution in [2.45, 2.75) is 70.4 Å². The summed E-state index contributed by atoms with van der Waals surface area (Å²) >= 11 is 0. The van der Waals surface area contributed by atoms with E-state index in [-0.39, 0.29) is 12.3 Å². The van der Waals surface area contributed by atoms with Crippen molar-refractivity contribution in [2.75, 3.05) is 23.3 Å². The number of carboxylic acid groups (broad SMARTS) is 1. The molecule has 2 aliphatic rings. The molecule has 2 fully saturated rings. The van der Waals surface area contributed by atoms with E-state index in [1.54, 1.807) is 0 Å². The van der Waals surface area contributed by atoms with Gasteiger partial charge in [-0.3, -0.25) is 9.59 Å². The number of benzene rings is 1. The van der Waals surface area contributed by atoms with E-state index in [1.807, 2.05) is 30.3 Å². The first-order chi connectivity index (χ1) is 16.6. The van der Waals surface area contributed by atoms with Gasteiger partial charge in [0.15, 0.2) is 0 Å². The Kier molecular flexibility index (Phi) is 8.46. The molecule has 0 spiro atoms. The molecular weight excluding hydrogens is 430 g/mol. The molecule has 2 saturated carbocycles. The van der Waals surface area contributed by atoms with Crippen molar-refractivity contribution in [3.63, 3.8) is 0 Å². The number of carbonyl (C=O) groups is 2. The van der Waals surface area contributed by atoms with Gasteiger partial charge in [0.05, 0.1) is 0 Å². The molecule has 0 unspecified atom stereocenters. The zero-order valence-corrected chi connectivity index (χ0v) is 19.7. The van der Waals surface area contributed by atoms with Gasteiger partial charge < -0.3 is 20.6 Å². The van der Waals surface area contributed by atoms with Gasteiger partial charge in [-0.1, -0.05) is 31.4 Å². The Bertz CT molecular complexity index is 955. The number of nitrogens with zero attached hydrogens (tertiary/aromatic N) is 3. The third kappa shape index (κ3) is 7.25. The molecule has 8 nitrogen and oxygen atoms in total. The number of aliphatic carboxylic acids is 1. The number of hydrogen-bond acceptors (Lipinski definition) is 6. The van der Waals surface area contributed by atoms with Gasteiger partial charge in [-0.2, -0.15) is 0 Å². The van der Waals surface area contributed by atoms with Gasteiger partial charge in [-0.05, 0) is 62.3 Å². The monoisotopic (exact) mass is 465 g/mol. The van der Waals surface area contributed by atoms with Gasteiger partial charge >= 0.3 is 5.97 Å². The maximum Gasteiger partial charge on any atom is 0.303 e. The van der Waals surface area contributed by atoms with Crippen LogP contribution in [0.25, 0.3) is 0 Å². The van der Waals surface area contributed by atoms with Crippen LogP contribution in [0.15, 0.2) is 36.7 Å². The van der Waals surface area contributed by atoms with Crippen molar-refractivity contribution in [3.8, 4) is 0 Å². The Hall–Kier alpha value is -3.00. The summed E-state index contributed by atoms with van der Waals surface area (Å²) in [7, 11) is 0. The lowest BCUT2D eigenvalue weighted by molar-refractivity contribution is -0.137. The second kappa shape index (κ2) is 11.9. The number of nitrogens with one attached hydrogen (secondary N) is 2. The van der Waals surface area contributed by atoms with E-state index in [0.29, 0.717) is 36.9 Å². The van der Waals surface area contributed by atoms with Crippen LogP contribution in [0.2, 0.25) is 0 Å². The highest BCUT2D eigenvalue weighted by molar-refractivity contribution is 6.03.